The Morgan fingerprint density at radius 1 is 1.17 bits per heavy atom. The Bertz CT molecular complexity index is 522. The summed E-state index contributed by atoms with van der Waals surface area (Å²) < 4.78 is -0.555. The van der Waals surface area contributed by atoms with Crippen LogP contribution in [0.1, 0.15) is 19.3 Å². The Morgan fingerprint density at radius 3 is 2.33 bits per heavy atom. The van der Waals surface area contributed by atoms with Crippen molar-refractivity contribution in [3.05, 3.63) is 44.8 Å². The van der Waals surface area contributed by atoms with E-state index >= 15 is 0 Å². The van der Waals surface area contributed by atoms with Crippen molar-refractivity contribution >= 4 is 60.8 Å². The standard InChI is InChI=1S/C12H9ClO2S2Se/c13-12(11(15)10-4-2-6-17-10)18-7-8(14)9-3-1-5-16-9/h1-6,12H,7H2. The molecular weight excluding hydrogens is 355 g/mol. The summed E-state index contributed by atoms with van der Waals surface area (Å²) >= 11 is 8.67. The van der Waals surface area contributed by atoms with Crippen molar-refractivity contribution < 1.29 is 9.59 Å². The van der Waals surface area contributed by atoms with Crippen LogP contribution in [0.2, 0.25) is 5.32 Å². The van der Waals surface area contributed by atoms with E-state index in [1.165, 1.54) is 22.7 Å². The van der Waals surface area contributed by atoms with Crippen molar-refractivity contribution in [2.75, 3.05) is 0 Å². The molecule has 2 nitrogen and oxygen atoms in total. The van der Waals surface area contributed by atoms with Crippen LogP contribution in [0.5, 0.6) is 0 Å². The average Bonchev–Trinajstić information content (AvgIpc) is 3.05. The Kier molecular flexibility index (Phi) is 5.15. The fraction of sp³-hybridized carbons (Fsp3) is 0.167. The van der Waals surface area contributed by atoms with Gasteiger partial charge in [0, 0.05) is 0 Å². The second-order valence-corrected chi connectivity index (χ2v) is 8.58. The third kappa shape index (κ3) is 3.53. The van der Waals surface area contributed by atoms with E-state index in [1.807, 2.05) is 22.9 Å². The van der Waals surface area contributed by atoms with Gasteiger partial charge >= 0.3 is 125 Å². The summed E-state index contributed by atoms with van der Waals surface area (Å²) in [4.78, 5) is 25.1. The second kappa shape index (κ2) is 6.64. The van der Waals surface area contributed by atoms with E-state index < -0.39 is 4.28 Å². The fourth-order valence-electron chi connectivity index (χ4n) is 1.26. The zero-order valence-electron chi connectivity index (χ0n) is 9.17. The molecule has 2 rings (SSSR count). The number of hydrogen-bond donors (Lipinski definition) is 0. The van der Waals surface area contributed by atoms with Crippen molar-refractivity contribution in [2.45, 2.75) is 9.59 Å². The number of hydrogen-bond acceptors (Lipinski definition) is 4. The van der Waals surface area contributed by atoms with E-state index in [-0.39, 0.29) is 26.5 Å². The van der Waals surface area contributed by atoms with Crippen molar-refractivity contribution in [3.8, 4) is 0 Å². The van der Waals surface area contributed by atoms with Crippen molar-refractivity contribution in [3.63, 3.8) is 0 Å². The van der Waals surface area contributed by atoms with Crippen molar-refractivity contribution in [1.82, 2.24) is 0 Å². The van der Waals surface area contributed by atoms with Gasteiger partial charge in [0.25, 0.3) is 0 Å². The summed E-state index contributed by atoms with van der Waals surface area (Å²) in [6.45, 7) is 0. The first-order valence-electron chi connectivity index (χ1n) is 5.08. The number of Topliss-reactive ketones (excluding diaryl/α,β-unsaturated/α-hetero) is 2. The van der Waals surface area contributed by atoms with E-state index in [2.05, 4.69) is 0 Å². The first kappa shape index (κ1) is 14.0. The molecule has 2 aromatic rings. The molecule has 2 aromatic heterocycles. The van der Waals surface area contributed by atoms with Crippen LogP contribution in [0.4, 0.5) is 0 Å². The summed E-state index contributed by atoms with van der Waals surface area (Å²) in [6.07, 6.45) is 0. The molecule has 0 fully saturated rings. The van der Waals surface area contributed by atoms with Crippen LogP contribution < -0.4 is 0 Å². The first-order valence-corrected chi connectivity index (χ1v) is 9.48. The number of thiophene rings is 2. The van der Waals surface area contributed by atoms with Gasteiger partial charge in [0.05, 0.1) is 0 Å². The van der Waals surface area contributed by atoms with Gasteiger partial charge in [-0.15, -0.1) is 0 Å². The fourth-order valence-corrected chi connectivity index (χ4v) is 5.04. The Hall–Kier alpha value is -0.451. The SMILES string of the molecule is O=C(C[Se]C(Cl)C(=O)c1cccs1)c1cccs1. The number of rotatable bonds is 6. The van der Waals surface area contributed by atoms with Gasteiger partial charge in [-0.2, -0.15) is 0 Å². The van der Waals surface area contributed by atoms with Crippen molar-refractivity contribution in [2.24, 2.45) is 0 Å². The van der Waals surface area contributed by atoms with Gasteiger partial charge in [-0.25, -0.2) is 0 Å². The summed E-state index contributed by atoms with van der Waals surface area (Å²) in [7, 11) is 0. The number of ketones is 2. The maximum atomic E-state index is 11.9. The monoisotopic (exact) mass is 364 g/mol. The molecule has 0 radical (unpaired) electrons. The summed E-state index contributed by atoms with van der Waals surface area (Å²) in [5, 5.41) is 4.09. The molecule has 18 heavy (non-hydrogen) atoms. The molecule has 0 bridgehead atoms. The van der Waals surface area contributed by atoms with Crippen LogP contribution in [0.3, 0.4) is 0 Å². The van der Waals surface area contributed by atoms with Crippen LogP contribution in [0, 0.1) is 0 Å². The predicted octanol–water partition coefficient (Wildman–Crippen LogP) is 3.56. The maximum absolute atomic E-state index is 11.9. The molecule has 0 amide bonds. The van der Waals surface area contributed by atoms with Gasteiger partial charge in [-0.3, -0.25) is 0 Å². The number of carbonyl (C=O) groups excluding carboxylic acids is 2. The molecule has 0 saturated heterocycles. The van der Waals surface area contributed by atoms with Gasteiger partial charge in [0.15, 0.2) is 0 Å². The third-order valence-corrected chi connectivity index (χ3v) is 6.74. The third-order valence-electron chi connectivity index (χ3n) is 2.13. The molecule has 0 spiro atoms. The molecule has 0 saturated carbocycles. The molecule has 1 unspecified atom stereocenters. The van der Waals surface area contributed by atoms with E-state index in [9.17, 15) is 9.59 Å². The molecule has 6 heteroatoms. The molecule has 0 aliphatic carbocycles. The van der Waals surface area contributed by atoms with E-state index in [4.69, 9.17) is 11.6 Å². The summed E-state index contributed by atoms with van der Waals surface area (Å²) in [5.74, 6) is 0.0141. The van der Waals surface area contributed by atoms with Crippen LogP contribution in [0.25, 0.3) is 0 Å². The number of alkyl halides is 1. The quantitative estimate of drug-likeness (QED) is 0.447. The summed E-state index contributed by atoms with van der Waals surface area (Å²) in [5.41, 5.74) is 0. The van der Waals surface area contributed by atoms with Gasteiger partial charge in [0.2, 0.25) is 0 Å². The van der Waals surface area contributed by atoms with Crippen LogP contribution in [-0.2, 0) is 0 Å². The van der Waals surface area contributed by atoms with Crippen LogP contribution >= 0.6 is 34.3 Å². The molecule has 2 heterocycles. The predicted molar refractivity (Wildman–Crippen MR) is 77.5 cm³/mol. The van der Waals surface area contributed by atoms with Crippen molar-refractivity contribution in [1.29, 1.82) is 0 Å². The normalized spacial score (nSPS) is 12.3. The topological polar surface area (TPSA) is 34.1 Å². The Balaban J connectivity index is 1.87. The van der Waals surface area contributed by atoms with Gasteiger partial charge in [0.1, 0.15) is 0 Å². The molecule has 0 aliphatic rings. The molecule has 0 aliphatic heterocycles. The Labute approximate surface area is 124 Å². The first-order chi connectivity index (χ1) is 8.68. The van der Waals surface area contributed by atoms with E-state index in [1.54, 1.807) is 12.1 Å². The zero-order valence-corrected chi connectivity index (χ0v) is 13.3. The summed E-state index contributed by atoms with van der Waals surface area (Å²) in [6, 6.07) is 7.23. The van der Waals surface area contributed by atoms with Gasteiger partial charge in [-0.05, 0) is 0 Å². The minimum atomic E-state index is -0.555. The van der Waals surface area contributed by atoms with E-state index in [0.29, 0.717) is 10.2 Å². The van der Waals surface area contributed by atoms with Crippen LogP contribution in [-0.4, -0.2) is 30.8 Å². The molecule has 1 atom stereocenters. The van der Waals surface area contributed by atoms with E-state index in [0.717, 1.165) is 4.88 Å². The zero-order chi connectivity index (χ0) is 13.0. The molecule has 0 aromatic carbocycles. The molecule has 0 N–H and O–H groups in total. The van der Waals surface area contributed by atoms with Gasteiger partial charge < -0.3 is 0 Å². The average molecular weight is 364 g/mol. The van der Waals surface area contributed by atoms with Gasteiger partial charge in [-0.1, -0.05) is 0 Å². The number of halogens is 1. The minimum absolute atomic E-state index is 0.0642. The Morgan fingerprint density at radius 2 is 1.78 bits per heavy atom. The second-order valence-electron chi connectivity index (χ2n) is 3.37. The molecule has 94 valence electrons. The van der Waals surface area contributed by atoms with Crippen LogP contribution in [0.15, 0.2) is 35.0 Å². The molecular formula is C12H9ClO2S2Se. The number of carbonyl (C=O) groups is 2.